The summed E-state index contributed by atoms with van der Waals surface area (Å²) in [5.41, 5.74) is 1.71. The molecule has 4 rings (SSSR count). The van der Waals surface area contributed by atoms with Crippen molar-refractivity contribution in [2.45, 2.75) is 19.0 Å². The number of hydrogen-bond acceptors (Lipinski definition) is 4. The number of nitrogens with one attached hydrogen (secondary N) is 2. The molecule has 0 aliphatic heterocycles. The van der Waals surface area contributed by atoms with Crippen LogP contribution in [0.15, 0.2) is 59.5 Å². The second-order valence-corrected chi connectivity index (χ2v) is 6.84. The van der Waals surface area contributed by atoms with Gasteiger partial charge >= 0.3 is 0 Å². The van der Waals surface area contributed by atoms with Crippen molar-refractivity contribution in [1.29, 1.82) is 0 Å². The van der Waals surface area contributed by atoms with Gasteiger partial charge in [-0.05, 0) is 41.8 Å². The zero-order valence-electron chi connectivity index (χ0n) is 15.7. The van der Waals surface area contributed by atoms with Crippen LogP contribution in [0.3, 0.4) is 0 Å². The summed E-state index contributed by atoms with van der Waals surface area (Å²) < 4.78 is 28.9. The van der Waals surface area contributed by atoms with Crippen LogP contribution in [-0.4, -0.2) is 19.7 Å². The van der Waals surface area contributed by atoms with Gasteiger partial charge in [-0.25, -0.2) is 13.8 Å². The first-order valence-corrected chi connectivity index (χ1v) is 9.14. The smallest absolute Gasteiger partial charge is 0.262 e. The van der Waals surface area contributed by atoms with Gasteiger partial charge in [0.25, 0.3) is 5.56 Å². The minimum atomic E-state index is -0.351. The summed E-state index contributed by atoms with van der Waals surface area (Å²) in [6.07, 6.45) is 1.91. The Balaban J connectivity index is 1.61. The Morgan fingerprint density at radius 1 is 1.14 bits per heavy atom. The predicted octanol–water partition coefficient (Wildman–Crippen LogP) is 3.01. The van der Waals surface area contributed by atoms with Crippen LogP contribution in [-0.2, 0) is 20.0 Å². The zero-order chi connectivity index (χ0) is 20.4. The van der Waals surface area contributed by atoms with E-state index >= 15 is 0 Å². The van der Waals surface area contributed by atoms with Gasteiger partial charge in [-0.15, -0.1) is 0 Å². The molecular formula is C21H19F2N5O. The average Bonchev–Trinajstić information content (AvgIpc) is 3.07. The third-order valence-electron chi connectivity index (χ3n) is 4.75. The van der Waals surface area contributed by atoms with Gasteiger partial charge in [0, 0.05) is 13.1 Å². The number of fused-ring (bicyclic) bond motifs is 1. The van der Waals surface area contributed by atoms with E-state index in [4.69, 9.17) is 0 Å². The standard InChI is InChI=1S/C21H19F2N5O/c1-28-20-17(11-25-28)21(29)27-19(26-20)12-24-18(14-5-3-7-16(23)10-14)9-13-4-2-6-15(22)8-13/h2-8,10-11,18,24H,9,12H2,1H3,(H,26,27,29). The van der Waals surface area contributed by atoms with Gasteiger partial charge in [-0.3, -0.25) is 9.48 Å². The van der Waals surface area contributed by atoms with Crippen LogP contribution in [0.25, 0.3) is 11.0 Å². The molecule has 0 spiro atoms. The molecule has 0 saturated heterocycles. The van der Waals surface area contributed by atoms with Crippen molar-refractivity contribution in [1.82, 2.24) is 25.1 Å². The third-order valence-corrected chi connectivity index (χ3v) is 4.75. The molecule has 2 heterocycles. The van der Waals surface area contributed by atoms with Crippen LogP contribution in [0.1, 0.15) is 23.0 Å². The van der Waals surface area contributed by atoms with E-state index in [9.17, 15) is 13.6 Å². The number of hydrogen-bond donors (Lipinski definition) is 2. The van der Waals surface area contributed by atoms with Crippen LogP contribution in [0, 0.1) is 11.6 Å². The predicted molar refractivity (Wildman–Crippen MR) is 105 cm³/mol. The van der Waals surface area contributed by atoms with Crippen molar-refractivity contribution < 1.29 is 8.78 Å². The minimum absolute atomic E-state index is 0.243. The summed E-state index contributed by atoms with van der Waals surface area (Å²) in [5.74, 6) is -0.240. The van der Waals surface area contributed by atoms with Crippen molar-refractivity contribution in [3.8, 4) is 0 Å². The Kier molecular flexibility index (Phi) is 5.18. The van der Waals surface area contributed by atoms with Gasteiger partial charge in [0.05, 0.1) is 12.7 Å². The number of aromatic nitrogens is 4. The highest BCUT2D eigenvalue weighted by molar-refractivity contribution is 5.72. The molecule has 0 fully saturated rings. The second-order valence-electron chi connectivity index (χ2n) is 6.84. The lowest BCUT2D eigenvalue weighted by molar-refractivity contribution is 0.512. The molecule has 2 aromatic carbocycles. The van der Waals surface area contributed by atoms with Crippen LogP contribution in [0.4, 0.5) is 8.78 Å². The molecule has 2 aromatic heterocycles. The summed E-state index contributed by atoms with van der Waals surface area (Å²) in [5, 5.41) is 7.77. The summed E-state index contributed by atoms with van der Waals surface area (Å²) in [4.78, 5) is 19.4. The molecule has 0 radical (unpaired) electrons. The van der Waals surface area contributed by atoms with Gasteiger partial charge in [0.15, 0.2) is 5.65 Å². The Morgan fingerprint density at radius 3 is 2.66 bits per heavy atom. The fraction of sp³-hybridized carbons (Fsp3) is 0.190. The van der Waals surface area contributed by atoms with Crippen LogP contribution < -0.4 is 10.9 Å². The highest BCUT2D eigenvalue weighted by Crippen LogP contribution is 2.20. The Morgan fingerprint density at radius 2 is 1.90 bits per heavy atom. The molecule has 1 unspecified atom stereocenters. The van der Waals surface area contributed by atoms with E-state index in [1.807, 2.05) is 6.07 Å². The molecule has 8 heteroatoms. The number of halogens is 2. The summed E-state index contributed by atoms with van der Waals surface area (Å²) in [7, 11) is 1.71. The van der Waals surface area contributed by atoms with E-state index in [1.54, 1.807) is 25.2 Å². The van der Waals surface area contributed by atoms with Gasteiger partial charge in [-0.2, -0.15) is 5.10 Å². The lowest BCUT2D eigenvalue weighted by Gasteiger charge is -2.19. The molecular weight excluding hydrogens is 376 g/mol. The Hall–Kier alpha value is -3.39. The monoisotopic (exact) mass is 395 g/mol. The fourth-order valence-corrected chi connectivity index (χ4v) is 3.31. The summed E-state index contributed by atoms with van der Waals surface area (Å²) in [6.45, 7) is 0.243. The first-order chi connectivity index (χ1) is 14.0. The van der Waals surface area contributed by atoms with E-state index < -0.39 is 0 Å². The molecule has 2 N–H and O–H groups in total. The van der Waals surface area contributed by atoms with E-state index in [1.165, 1.54) is 35.1 Å². The maximum Gasteiger partial charge on any atom is 0.262 e. The highest BCUT2D eigenvalue weighted by Gasteiger charge is 2.15. The molecule has 0 aliphatic rings. The quantitative estimate of drug-likeness (QED) is 0.526. The lowest BCUT2D eigenvalue weighted by Crippen LogP contribution is -2.25. The van der Waals surface area contributed by atoms with E-state index in [0.29, 0.717) is 23.3 Å². The average molecular weight is 395 g/mol. The zero-order valence-corrected chi connectivity index (χ0v) is 15.7. The van der Waals surface area contributed by atoms with Crippen molar-refractivity contribution in [2.24, 2.45) is 7.05 Å². The molecule has 0 amide bonds. The number of nitrogens with zero attached hydrogens (tertiary/aromatic N) is 3. The molecule has 29 heavy (non-hydrogen) atoms. The highest BCUT2D eigenvalue weighted by atomic mass is 19.1. The third kappa shape index (κ3) is 4.22. The van der Waals surface area contributed by atoms with Crippen molar-refractivity contribution >= 4 is 11.0 Å². The summed E-state index contributed by atoms with van der Waals surface area (Å²) in [6, 6.07) is 12.2. The van der Waals surface area contributed by atoms with Gasteiger partial charge in [0.1, 0.15) is 22.8 Å². The molecule has 4 aromatic rings. The Bertz CT molecular complexity index is 1220. The first kappa shape index (κ1) is 18.9. The lowest BCUT2D eigenvalue weighted by atomic mass is 9.98. The molecule has 0 saturated carbocycles. The number of aryl methyl sites for hydroxylation is 1. The molecule has 148 valence electrons. The second kappa shape index (κ2) is 7.92. The molecule has 6 nitrogen and oxygen atoms in total. The molecule has 1 atom stereocenters. The van der Waals surface area contributed by atoms with Gasteiger partial charge in [0.2, 0.25) is 0 Å². The Labute approximate surface area is 165 Å². The van der Waals surface area contributed by atoms with Crippen LogP contribution in [0.2, 0.25) is 0 Å². The van der Waals surface area contributed by atoms with Gasteiger partial charge in [-0.1, -0.05) is 24.3 Å². The number of rotatable bonds is 6. The maximum absolute atomic E-state index is 13.8. The summed E-state index contributed by atoms with van der Waals surface area (Å²) >= 11 is 0. The van der Waals surface area contributed by atoms with Gasteiger partial charge < -0.3 is 10.3 Å². The van der Waals surface area contributed by atoms with E-state index in [2.05, 4.69) is 20.4 Å². The van der Waals surface area contributed by atoms with Crippen molar-refractivity contribution in [3.05, 3.63) is 93.7 Å². The normalized spacial score (nSPS) is 12.4. The topological polar surface area (TPSA) is 75.6 Å². The first-order valence-electron chi connectivity index (χ1n) is 9.14. The molecule has 0 aliphatic carbocycles. The number of H-pyrrole nitrogens is 1. The van der Waals surface area contributed by atoms with E-state index in [-0.39, 0.29) is 29.8 Å². The SMILES string of the molecule is Cn1ncc2c(=O)[nH]c(CNC(Cc3cccc(F)c3)c3cccc(F)c3)nc21. The van der Waals surface area contributed by atoms with E-state index in [0.717, 1.165) is 11.1 Å². The fourth-order valence-electron chi connectivity index (χ4n) is 3.31. The number of benzene rings is 2. The van der Waals surface area contributed by atoms with Crippen LogP contribution >= 0.6 is 0 Å². The number of aromatic amines is 1. The maximum atomic E-state index is 13.8. The largest absolute Gasteiger partial charge is 0.309 e. The molecule has 0 bridgehead atoms. The van der Waals surface area contributed by atoms with Crippen molar-refractivity contribution in [2.75, 3.05) is 0 Å². The van der Waals surface area contributed by atoms with Crippen LogP contribution in [0.5, 0.6) is 0 Å². The van der Waals surface area contributed by atoms with Crippen molar-refractivity contribution in [3.63, 3.8) is 0 Å². The minimum Gasteiger partial charge on any atom is -0.309 e.